The largest absolute Gasteiger partial charge is 0.503 e. The molecule has 1 unspecified atom stereocenters. The summed E-state index contributed by atoms with van der Waals surface area (Å²) in [5, 5.41) is 16.6. The number of hydrogen-bond acceptors (Lipinski definition) is 6. The topological polar surface area (TPSA) is 107 Å². The first-order chi connectivity index (χ1) is 10.5. The molecule has 1 atom stereocenters. The zero-order valence-corrected chi connectivity index (χ0v) is 12.8. The Hall–Kier alpha value is -2.09. The van der Waals surface area contributed by atoms with Gasteiger partial charge in [-0.3, -0.25) is 9.59 Å². The molecule has 0 spiro atoms. The standard InChI is InChI=1S/C13H20N2O4.CH2O2/c1-3-19-13(18)10-8-15(12(17)11(10)16)7-9-5-4-6-14(9)2;2-1-3/h9,16H,3-8H2,1-2H3;1H,(H,2,3). The predicted octanol–water partition coefficient (Wildman–Crippen LogP) is -0.00120. The third kappa shape index (κ3) is 4.20. The van der Waals surface area contributed by atoms with Crippen LogP contribution in [0.15, 0.2) is 11.3 Å². The average molecular weight is 314 g/mol. The lowest BCUT2D eigenvalue weighted by molar-refractivity contribution is -0.138. The Morgan fingerprint density at radius 1 is 1.50 bits per heavy atom. The van der Waals surface area contributed by atoms with Gasteiger partial charge < -0.3 is 24.7 Å². The minimum absolute atomic E-state index is 0.0764. The number of aliphatic hydroxyl groups excluding tert-OH is 1. The van der Waals surface area contributed by atoms with Crippen molar-refractivity contribution in [1.29, 1.82) is 0 Å². The number of likely N-dealkylation sites (tertiary alicyclic amines) is 1. The van der Waals surface area contributed by atoms with Gasteiger partial charge in [0.05, 0.1) is 13.2 Å². The molecule has 0 aromatic heterocycles. The maximum absolute atomic E-state index is 11.9. The minimum atomic E-state index is -0.601. The van der Waals surface area contributed by atoms with Crippen LogP contribution in [0.1, 0.15) is 19.8 Å². The fourth-order valence-electron chi connectivity index (χ4n) is 2.61. The van der Waals surface area contributed by atoms with Gasteiger partial charge in [-0.25, -0.2) is 4.79 Å². The summed E-state index contributed by atoms with van der Waals surface area (Å²) in [5.41, 5.74) is 0.0764. The van der Waals surface area contributed by atoms with Crippen LogP contribution in [-0.2, 0) is 19.1 Å². The number of carbonyl (C=O) groups excluding carboxylic acids is 2. The molecule has 0 aromatic rings. The fraction of sp³-hybridized carbons (Fsp3) is 0.643. The molecular formula is C14H22N2O6. The van der Waals surface area contributed by atoms with Crippen molar-refractivity contribution in [2.45, 2.75) is 25.8 Å². The Balaban J connectivity index is 0.000000745. The monoisotopic (exact) mass is 314 g/mol. The quantitative estimate of drug-likeness (QED) is 0.555. The summed E-state index contributed by atoms with van der Waals surface area (Å²) in [6.07, 6.45) is 2.16. The van der Waals surface area contributed by atoms with Crippen LogP contribution in [0.5, 0.6) is 0 Å². The van der Waals surface area contributed by atoms with E-state index in [1.165, 1.54) is 4.90 Å². The van der Waals surface area contributed by atoms with E-state index < -0.39 is 17.6 Å². The summed E-state index contributed by atoms with van der Waals surface area (Å²) >= 11 is 0. The van der Waals surface area contributed by atoms with Crippen LogP contribution < -0.4 is 0 Å². The zero-order valence-electron chi connectivity index (χ0n) is 12.8. The molecule has 22 heavy (non-hydrogen) atoms. The third-order valence-electron chi connectivity index (χ3n) is 3.75. The first-order valence-corrected chi connectivity index (χ1v) is 7.12. The summed E-state index contributed by atoms with van der Waals surface area (Å²) < 4.78 is 4.84. The third-order valence-corrected chi connectivity index (χ3v) is 3.75. The van der Waals surface area contributed by atoms with Crippen molar-refractivity contribution in [1.82, 2.24) is 9.80 Å². The fourth-order valence-corrected chi connectivity index (χ4v) is 2.61. The van der Waals surface area contributed by atoms with Crippen LogP contribution >= 0.6 is 0 Å². The maximum atomic E-state index is 11.9. The highest BCUT2D eigenvalue weighted by Gasteiger charge is 2.36. The lowest BCUT2D eigenvalue weighted by Gasteiger charge is -2.25. The van der Waals surface area contributed by atoms with Gasteiger partial charge in [0.15, 0.2) is 5.76 Å². The normalized spacial score (nSPS) is 21.6. The molecular weight excluding hydrogens is 292 g/mol. The van der Waals surface area contributed by atoms with Gasteiger partial charge >= 0.3 is 5.97 Å². The molecule has 1 fully saturated rings. The second kappa shape index (κ2) is 8.38. The van der Waals surface area contributed by atoms with E-state index in [4.69, 9.17) is 14.6 Å². The Kier molecular flexibility index (Phi) is 6.84. The van der Waals surface area contributed by atoms with Crippen LogP contribution in [0.25, 0.3) is 0 Å². The van der Waals surface area contributed by atoms with Crippen molar-refractivity contribution in [2.24, 2.45) is 0 Å². The van der Waals surface area contributed by atoms with Crippen molar-refractivity contribution >= 4 is 18.3 Å². The van der Waals surface area contributed by atoms with Gasteiger partial charge in [0, 0.05) is 12.6 Å². The van der Waals surface area contributed by atoms with E-state index in [2.05, 4.69) is 4.90 Å². The van der Waals surface area contributed by atoms with E-state index in [0.717, 1.165) is 19.4 Å². The first-order valence-electron chi connectivity index (χ1n) is 7.12. The molecule has 2 heterocycles. The number of hydrogen-bond donors (Lipinski definition) is 2. The molecule has 8 heteroatoms. The van der Waals surface area contributed by atoms with Gasteiger partial charge in [0.2, 0.25) is 0 Å². The van der Waals surface area contributed by atoms with E-state index in [-0.39, 0.29) is 25.2 Å². The van der Waals surface area contributed by atoms with Crippen LogP contribution in [0, 0.1) is 0 Å². The molecule has 0 saturated carbocycles. The van der Waals surface area contributed by atoms with Gasteiger partial charge in [-0.05, 0) is 33.4 Å². The number of carbonyl (C=O) groups is 3. The number of nitrogens with zero attached hydrogens (tertiary/aromatic N) is 2. The second-order valence-corrected chi connectivity index (χ2v) is 5.12. The predicted molar refractivity (Wildman–Crippen MR) is 77.2 cm³/mol. The summed E-state index contributed by atoms with van der Waals surface area (Å²) in [6, 6.07) is 0.304. The average Bonchev–Trinajstić information content (AvgIpc) is 2.99. The zero-order chi connectivity index (χ0) is 16.7. The molecule has 0 bridgehead atoms. The highest BCUT2D eigenvalue weighted by Crippen LogP contribution is 2.22. The van der Waals surface area contributed by atoms with Crippen molar-refractivity contribution in [3.63, 3.8) is 0 Å². The smallest absolute Gasteiger partial charge is 0.339 e. The number of rotatable bonds is 4. The molecule has 1 amide bonds. The van der Waals surface area contributed by atoms with Crippen molar-refractivity contribution in [2.75, 3.05) is 33.3 Å². The molecule has 0 radical (unpaired) electrons. The van der Waals surface area contributed by atoms with Crippen LogP contribution in [0.2, 0.25) is 0 Å². The van der Waals surface area contributed by atoms with E-state index in [1.54, 1.807) is 6.92 Å². The number of aliphatic hydroxyl groups is 1. The van der Waals surface area contributed by atoms with E-state index in [1.807, 2.05) is 7.05 Å². The Bertz CT molecular complexity index is 462. The number of likely N-dealkylation sites (N-methyl/N-ethyl adjacent to an activating group) is 1. The van der Waals surface area contributed by atoms with Gasteiger partial charge in [0.1, 0.15) is 5.57 Å². The van der Waals surface area contributed by atoms with Gasteiger partial charge in [0.25, 0.3) is 12.4 Å². The molecule has 1 saturated heterocycles. The molecule has 0 aliphatic carbocycles. The van der Waals surface area contributed by atoms with Gasteiger partial charge in [-0.15, -0.1) is 0 Å². The van der Waals surface area contributed by atoms with Crippen LogP contribution in [0.3, 0.4) is 0 Å². The Morgan fingerprint density at radius 2 is 2.14 bits per heavy atom. The molecule has 2 aliphatic heterocycles. The lowest BCUT2D eigenvalue weighted by atomic mass is 10.2. The summed E-state index contributed by atoms with van der Waals surface area (Å²) in [7, 11) is 2.03. The van der Waals surface area contributed by atoms with Crippen molar-refractivity contribution in [3.05, 3.63) is 11.3 Å². The Morgan fingerprint density at radius 3 is 2.64 bits per heavy atom. The minimum Gasteiger partial charge on any atom is -0.503 e. The van der Waals surface area contributed by atoms with Crippen LogP contribution in [0.4, 0.5) is 0 Å². The maximum Gasteiger partial charge on any atom is 0.339 e. The number of amides is 1. The molecule has 0 aromatic carbocycles. The Labute approximate surface area is 128 Å². The number of carboxylic acid groups (broad SMARTS) is 1. The first kappa shape index (κ1) is 18.0. The molecule has 124 valence electrons. The van der Waals surface area contributed by atoms with Crippen molar-refractivity contribution in [3.8, 4) is 0 Å². The lowest BCUT2D eigenvalue weighted by Crippen LogP contribution is -2.40. The molecule has 2 N–H and O–H groups in total. The highest BCUT2D eigenvalue weighted by molar-refractivity contribution is 6.05. The SMILES string of the molecule is CCOC(=O)C1=C(O)C(=O)N(CC2CCCN2C)C1.O=CO. The molecule has 2 aliphatic rings. The van der Waals surface area contributed by atoms with E-state index >= 15 is 0 Å². The summed E-state index contributed by atoms with van der Waals surface area (Å²) in [4.78, 5) is 35.6. The van der Waals surface area contributed by atoms with E-state index in [9.17, 15) is 14.7 Å². The van der Waals surface area contributed by atoms with Gasteiger partial charge in [-0.1, -0.05) is 0 Å². The van der Waals surface area contributed by atoms with Crippen molar-refractivity contribution < 1.29 is 29.3 Å². The number of esters is 1. The second-order valence-electron chi connectivity index (χ2n) is 5.12. The number of ether oxygens (including phenoxy) is 1. The van der Waals surface area contributed by atoms with Gasteiger partial charge in [-0.2, -0.15) is 0 Å². The highest BCUT2D eigenvalue weighted by atomic mass is 16.5. The summed E-state index contributed by atoms with van der Waals surface area (Å²) in [5.74, 6) is -1.53. The van der Waals surface area contributed by atoms with Crippen LogP contribution in [-0.4, -0.2) is 77.7 Å². The molecule has 2 rings (SSSR count). The summed E-state index contributed by atoms with van der Waals surface area (Å²) in [6.45, 7) is 3.39. The molecule has 8 nitrogen and oxygen atoms in total. The van der Waals surface area contributed by atoms with E-state index in [0.29, 0.717) is 12.6 Å².